The second-order valence-electron chi connectivity index (χ2n) is 8.42. The molecule has 184 valence electrons. The van der Waals surface area contributed by atoms with Crippen molar-refractivity contribution < 1.29 is 32.1 Å². The molecule has 2 aromatic carbocycles. The van der Waals surface area contributed by atoms with Crippen LogP contribution < -0.4 is 24.8 Å². The maximum atomic E-state index is 12.5. The average molecular weight is 479 g/mol. The normalized spacial score (nSPS) is 18.5. The second kappa shape index (κ2) is 10.5. The maximum Gasteiger partial charge on any atom is 0.392 e. The van der Waals surface area contributed by atoms with Crippen LogP contribution in [0, 0.1) is 5.92 Å². The van der Waals surface area contributed by atoms with Crippen molar-refractivity contribution in [2.24, 2.45) is 10.9 Å². The number of rotatable bonds is 8. The molecule has 0 N–H and O–H groups in total. The molecule has 2 heterocycles. The van der Waals surface area contributed by atoms with E-state index in [0.29, 0.717) is 42.9 Å². The van der Waals surface area contributed by atoms with Crippen molar-refractivity contribution in [1.29, 1.82) is 0 Å². The van der Waals surface area contributed by atoms with Crippen molar-refractivity contribution in [2.45, 2.75) is 38.1 Å². The molecule has 0 amide bonds. The fourth-order valence-electron chi connectivity index (χ4n) is 4.32. The molecular formula is C25H29F3N2O4. The topological polar surface area (TPSA) is 52.5 Å². The lowest BCUT2D eigenvalue weighted by atomic mass is 9.95. The zero-order valence-electron chi connectivity index (χ0n) is 19.3. The zero-order chi connectivity index (χ0) is 24.1. The van der Waals surface area contributed by atoms with Gasteiger partial charge in [-0.15, -0.1) is 0 Å². The molecule has 4 rings (SSSR count). The summed E-state index contributed by atoms with van der Waals surface area (Å²) in [7, 11) is 3.20. The molecule has 1 fully saturated rings. The van der Waals surface area contributed by atoms with Gasteiger partial charge in [0.1, 0.15) is 11.9 Å². The Hall–Kier alpha value is -2.94. The summed E-state index contributed by atoms with van der Waals surface area (Å²) in [5.41, 5.74) is 1.03. The van der Waals surface area contributed by atoms with Crippen molar-refractivity contribution in [1.82, 2.24) is 4.90 Å². The number of ether oxygens (including phenoxy) is 4. The van der Waals surface area contributed by atoms with Gasteiger partial charge in [-0.1, -0.05) is 6.07 Å². The predicted octanol–water partition coefficient (Wildman–Crippen LogP) is 3.66. The van der Waals surface area contributed by atoms with E-state index in [2.05, 4.69) is 4.90 Å². The highest BCUT2D eigenvalue weighted by Gasteiger charge is 2.29. The highest BCUT2D eigenvalue weighted by atomic mass is 19.4. The summed E-state index contributed by atoms with van der Waals surface area (Å²) in [4.78, 5) is 7.21. The van der Waals surface area contributed by atoms with Gasteiger partial charge < -0.3 is 23.8 Å². The van der Waals surface area contributed by atoms with Gasteiger partial charge in [0.05, 0.1) is 32.6 Å². The number of benzene rings is 2. The molecule has 0 radical (unpaired) electrons. The third-order valence-corrected chi connectivity index (χ3v) is 6.07. The van der Waals surface area contributed by atoms with E-state index >= 15 is 0 Å². The fraction of sp³-hybridized carbons (Fsp3) is 0.480. The summed E-state index contributed by atoms with van der Waals surface area (Å²) in [5.74, 6) is 2.04. The van der Waals surface area contributed by atoms with Gasteiger partial charge in [-0.25, -0.2) is 0 Å². The van der Waals surface area contributed by atoms with Gasteiger partial charge in [0.25, 0.3) is 0 Å². The first-order valence-electron chi connectivity index (χ1n) is 11.3. The van der Waals surface area contributed by atoms with Crippen molar-refractivity contribution in [3.63, 3.8) is 0 Å². The summed E-state index contributed by atoms with van der Waals surface area (Å²) >= 11 is 0. The Balaban J connectivity index is 1.62. The van der Waals surface area contributed by atoms with Crippen LogP contribution in [0.15, 0.2) is 41.4 Å². The van der Waals surface area contributed by atoms with Crippen molar-refractivity contribution >= 4 is 6.20 Å². The Morgan fingerprint density at radius 1 is 1.03 bits per heavy atom. The standard InChI is InChI=1S/C25H29F3N2O4/c1-31-22-6-3-17(13-23(22)32-2)15-30-16-19-14-20(34-12-9-25(26,27)28)4-5-21(19)29-24(30)18-7-10-33-11-8-18/h3-6,13-14,16,18,24H,7-12,15H2,1-2H3. The lowest BCUT2D eigenvalue weighted by Crippen LogP contribution is -2.46. The van der Waals surface area contributed by atoms with Crippen LogP contribution in [0.4, 0.5) is 13.2 Å². The van der Waals surface area contributed by atoms with Crippen LogP contribution in [0.3, 0.4) is 0 Å². The number of methoxy groups -OCH3 is 2. The third kappa shape index (κ3) is 5.94. The van der Waals surface area contributed by atoms with E-state index in [-0.39, 0.29) is 6.17 Å². The fourth-order valence-corrected chi connectivity index (χ4v) is 4.32. The van der Waals surface area contributed by atoms with Crippen LogP contribution in [0.1, 0.15) is 24.8 Å². The summed E-state index contributed by atoms with van der Waals surface area (Å²) in [5, 5.41) is 1.62. The van der Waals surface area contributed by atoms with E-state index in [0.717, 1.165) is 29.0 Å². The molecule has 34 heavy (non-hydrogen) atoms. The number of hydrogen-bond donors (Lipinski definition) is 0. The van der Waals surface area contributed by atoms with Gasteiger partial charge in [-0.3, -0.25) is 4.99 Å². The Morgan fingerprint density at radius 3 is 2.50 bits per heavy atom. The van der Waals surface area contributed by atoms with Crippen molar-refractivity contribution in [3.05, 3.63) is 52.5 Å². The Morgan fingerprint density at radius 2 is 1.79 bits per heavy atom. The van der Waals surface area contributed by atoms with Crippen LogP contribution in [0.2, 0.25) is 0 Å². The minimum Gasteiger partial charge on any atom is -0.493 e. The summed E-state index contributed by atoms with van der Waals surface area (Å²) in [6.45, 7) is 1.59. The Labute approximate surface area is 196 Å². The quantitative estimate of drug-likeness (QED) is 0.580. The van der Waals surface area contributed by atoms with E-state index in [4.69, 9.17) is 23.9 Å². The molecule has 2 aliphatic heterocycles. The minimum absolute atomic E-state index is 0.0681. The molecule has 2 aromatic rings. The van der Waals surface area contributed by atoms with E-state index in [1.165, 1.54) is 0 Å². The summed E-state index contributed by atoms with van der Waals surface area (Å²) in [6.07, 6.45) is -1.45. The highest BCUT2D eigenvalue weighted by Crippen LogP contribution is 2.30. The molecule has 2 aliphatic rings. The first-order valence-corrected chi connectivity index (χ1v) is 11.3. The van der Waals surface area contributed by atoms with Crippen LogP contribution >= 0.6 is 0 Å². The number of nitrogens with zero attached hydrogens (tertiary/aromatic N) is 2. The first kappa shape index (κ1) is 24.2. The van der Waals surface area contributed by atoms with Gasteiger partial charge in [0, 0.05) is 37.1 Å². The SMILES string of the molecule is COc1ccc(CN2C=c3cc(OCCC(F)(F)F)ccc3=NC2C2CCOCC2)cc1OC. The van der Waals surface area contributed by atoms with E-state index in [9.17, 15) is 13.2 Å². The number of halogens is 3. The van der Waals surface area contributed by atoms with Gasteiger partial charge in [0.2, 0.25) is 0 Å². The first-order chi connectivity index (χ1) is 16.4. The molecule has 1 saturated heterocycles. The maximum absolute atomic E-state index is 12.5. The molecule has 9 heteroatoms. The number of alkyl halides is 3. The number of fused-ring (bicyclic) bond motifs is 1. The Kier molecular flexibility index (Phi) is 7.50. The van der Waals surface area contributed by atoms with Crippen LogP contribution in [0.25, 0.3) is 6.20 Å². The minimum atomic E-state index is -4.25. The second-order valence-corrected chi connectivity index (χ2v) is 8.42. The molecule has 0 spiro atoms. The average Bonchev–Trinajstić information content (AvgIpc) is 2.83. The van der Waals surface area contributed by atoms with Gasteiger partial charge in [0.15, 0.2) is 11.5 Å². The number of hydrogen-bond acceptors (Lipinski definition) is 6. The molecule has 0 bridgehead atoms. The van der Waals surface area contributed by atoms with Crippen molar-refractivity contribution in [3.8, 4) is 17.2 Å². The zero-order valence-corrected chi connectivity index (χ0v) is 19.3. The van der Waals surface area contributed by atoms with Crippen molar-refractivity contribution in [2.75, 3.05) is 34.0 Å². The van der Waals surface area contributed by atoms with Crippen LogP contribution in [0.5, 0.6) is 17.2 Å². The van der Waals surface area contributed by atoms with E-state index < -0.39 is 19.2 Å². The molecule has 6 nitrogen and oxygen atoms in total. The molecule has 0 saturated carbocycles. The predicted molar refractivity (Wildman–Crippen MR) is 120 cm³/mol. The summed E-state index contributed by atoms with van der Waals surface area (Å²) in [6, 6.07) is 11.0. The van der Waals surface area contributed by atoms with Gasteiger partial charge in [-0.05, 0) is 48.7 Å². The lowest BCUT2D eigenvalue weighted by Gasteiger charge is -2.37. The molecule has 0 aromatic heterocycles. The highest BCUT2D eigenvalue weighted by molar-refractivity contribution is 5.43. The van der Waals surface area contributed by atoms with Gasteiger partial charge >= 0.3 is 6.18 Å². The monoisotopic (exact) mass is 478 g/mol. The summed E-state index contributed by atoms with van der Waals surface area (Å²) < 4.78 is 59.1. The molecule has 1 unspecified atom stereocenters. The van der Waals surface area contributed by atoms with E-state index in [1.54, 1.807) is 26.4 Å². The van der Waals surface area contributed by atoms with E-state index in [1.807, 2.05) is 30.5 Å². The van der Waals surface area contributed by atoms with Crippen LogP contribution in [-0.2, 0) is 11.3 Å². The molecule has 0 aliphatic carbocycles. The lowest BCUT2D eigenvalue weighted by molar-refractivity contribution is -0.139. The molecular weight excluding hydrogens is 449 g/mol. The largest absolute Gasteiger partial charge is 0.493 e. The Bertz CT molecular complexity index is 1100. The smallest absolute Gasteiger partial charge is 0.392 e. The third-order valence-electron chi connectivity index (χ3n) is 6.07. The van der Waals surface area contributed by atoms with Crippen LogP contribution in [-0.4, -0.2) is 51.3 Å². The molecule has 1 atom stereocenters. The van der Waals surface area contributed by atoms with Gasteiger partial charge in [-0.2, -0.15) is 13.2 Å².